The van der Waals surface area contributed by atoms with Crippen LogP contribution in [0.15, 0.2) is 11.1 Å². The Balaban J connectivity index is 2.42. The van der Waals surface area contributed by atoms with Crippen molar-refractivity contribution in [2.45, 2.75) is 11.3 Å². The molecule has 20 heavy (non-hydrogen) atoms. The molecule has 0 atom stereocenters. The number of anilines is 1. The minimum Gasteiger partial charge on any atom is -0.354 e. The summed E-state index contributed by atoms with van der Waals surface area (Å²) < 4.78 is 0. The SMILES string of the molecule is CSc1c(C#N)cnc(N2CCCN(C)CC2)c1C#N. The van der Waals surface area contributed by atoms with Crippen LogP contribution in [-0.2, 0) is 0 Å². The fraction of sp³-hybridized carbons (Fsp3) is 0.500. The molecular weight excluding hydrogens is 270 g/mol. The zero-order valence-electron chi connectivity index (χ0n) is 11.8. The zero-order valence-corrected chi connectivity index (χ0v) is 12.6. The number of likely N-dealkylation sites (N-methyl/N-ethyl adjacent to an activating group) is 1. The van der Waals surface area contributed by atoms with Gasteiger partial charge < -0.3 is 9.80 Å². The van der Waals surface area contributed by atoms with Crippen molar-refractivity contribution in [1.82, 2.24) is 9.88 Å². The lowest BCUT2D eigenvalue weighted by Crippen LogP contribution is -2.30. The lowest BCUT2D eigenvalue weighted by molar-refractivity contribution is 0.360. The van der Waals surface area contributed by atoms with E-state index in [4.69, 9.17) is 5.26 Å². The van der Waals surface area contributed by atoms with Crippen LogP contribution in [0.2, 0.25) is 0 Å². The van der Waals surface area contributed by atoms with Gasteiger partial charge in [0, 0.05) is 30.7 Å². The zero-order chi connectivity index (χ0) is 14.5. The number of nitrogens with zero attached hydrogens (tertiary/aromatic N) is 5. The summed E-state index contributed by atoms with van der Waals surface area (Å²) in [7, 11) is 2.11. The molecule has 1 aromatic rings. The van der Waals surface area contributed by atoms with Crippen LogP contribution in [0.25, 0.3) is 0 Å². The van der Waals surface area contributed by atoms with Gasteiger partial charge in [-0.1, -0.05) is 0 Å². The summed E-state index contributed by atoms with van der Waals surface area (Å²) in [5.41, 5.74) is 1.01. The van der Waals surface area contributed by atoms with Gasteiger partial charge in [-0.3, -0.25) is 0 Å². The van der Waals surface area contributed by atoms with Crippen LogP contribution >= 0.6 is 11.8 Å². The van der Waals surface area contributed by atoms with Crippen molar-refractivity contribution < 1.29 is 0 Å². The highest BCUT2D eigenvalue weighted by molar-refractivity contribution is 7.98. The molecule has 1 aliphatic heterocycles. The van der Waals surface area contributed by atoms with Crippen LogP contribution < -0.4 is 4.90 Å². The Bertz CT molecular complexity index is 572. The Morgan fingerprint density at radius 3 is 2.65 bits per heavy atom. The largest absolute Gasteiger partial charge is 0.354 e. The number of hydrogen-bond donors (Lipinski definition) is 0. The third kappa shape index (κ3) is 2.87. The van der Waals surface area contributed by atoms with Gasteiger partial charge in [-0.25, -0.2) is 4.98 Å². The van der Waals surface area contributed by atoms with Crippen LogP contribution in [0.3, 0.4) is 0 Å². The van der Waals surface area contributed by atoms with Gasteiger partial charge in [-0.15, -0.1) is 11.8 Å². The first kappa shape index (κ1) is 14.6. The summed E-state index contributed by atoms with van der Waals surface area (Å²) in [5.74, 6) is 0.714. The number of rotatable bonds is 2. The first-order valence-corrected chi connectivity index (χ1v) is 7.74. The molecule has 0 saturated carbocycles. The second kappa shape index (κ2) is 6.60. The molecule has 0 aliphatic carbocycles. The molecule has 0 N–H and O–H groups in total. The second-order valence-corrected chi connectivity index (χ2v) is 5.59. The number of aromatic nitrogens is 1. The predicted molar refractivity (Wildman–Crippen MR) is 79.8 cm³/mol. The Morgan fingerprint density at radius 2 is 2.00 bits per heavy atom. The molecule has 1 aromatic heterocycles. The summed E-state index contributed by atoms with van der Waals surface area (Å²) >= 11 is 1.43. The van der Waals surface area contributed by atoms with Gasteiger partial charge in [0.05, 0.1) is 5.56 Å². The lowest BCUT2D eigenvalue weighted by atomic mass is 10.2. The van der Waals surface area contributed by atoms with Gasteiger partial charge in [-0.05, 0) is 26.3 Å². The Kier molecular flexibility index (Phi) is 4.84. The first-order valence-electron chi connectivity index (χ1n) is 6.52. The average molecular weight is 287 g/mol. The van der Waals surface area contributed by atoms with Gasteiger partial charge in [-0.2, -0.15) is 10.5 Å². The van der Waals surface area contributed by atoms with Gasteiger partial charge >= 0.3 is 0 Å². The predicted octanol–water partition coefficient (Wildman–Crippen LogP) is 1.69. The smallest absolute Gasteiger partial charge is 0.147 e. The van der Waals surface area contributed by atoms with E-state index >= 15 is 0 Å². The van der Waals surface area contributed by atoms with Crippen LogP contribution in [0, 0.1) is 22.7 Å². The van der Waals surface area contributed by atoms with E-state index in [-0.39, 0.29) is 0 Å². The summed E-state index contributed by atoms with van der Waals surface area (Å²) in [6.45, 7) is 3.77. The maximum Gasteiger partial charge on any atom is 0.147 e. The van der Waals surface area contributed by atoms with E-state index in [2.05, 4.69) is 34.0 Å². The summed E-state index contributed by atoms with van der Waals surface area (Å²) in [6.07, 6.45) is 4.52. The molecule has 1 saturated heterocycles. The minimum atomic E-state index is 0.477. The molecule has 2 heterocycles. The van der Waals surface area contributed by atoms with E-state index in [0.29, 0.717) is 16.9 Å². The molecule has 0 radical (unpaired) electrons. The Labute approximate surface area is 123 Å². The molecule has 1 aliphatic rings. The molecule has 5 nitrogen and oxygen atoms in total. The van der Waals surface area contributed by atoms with Crippen molar-refractivity contribution in [2.24, 2.45) is 0 Å². The summed E-state index contributed by atoms with van der Waals surface area (Å²) in [5, 5.41) is 18.6. The highest BCUT2D eigenvalue weighted by Gasteiger charge is 2.20. The van der Waals surface area contributed by atoms with E-state index < -0.39 is 0 Å². The molecule has 6 heteroatoms. The highest BCUT2D eigenvalue weighted by Crippen LogP contribution is 2.30. The normalized spacial score (nSPS) is 16.3. The summed E-state index contributed by atoms with van der Waals surface area (Å²) in [6, 6.07) is 4.34. The molecule has 0 amide bonds. The van der Waals surface area contributed by atoms with Gasteiger partial charge in [0.2, 0.25) is 0 Å². The Morgan fingerprint density at radius 1 is 1.20 bits per heavy atom. The first-order chi connectivity index (χ1) is 9.71. The number of nitriles is 2. The monoisotopic (exact) mass is 287 g/mol. The van der Waals surface area contributed by atoms with Crippen molar-refractivity contribution >= 4 is 17.6 Å². The van der Waals surface area contributed by atoms with Crippen molar-refractivity contribution in [1.29, 1.82) is 10.5 Å². The molecule has 0 spiro atoms. The van der Waals surface area contributed by atoms with Crippen LogP contribution in [-0.4, -0.2) is 49.4 Å². The fourth-order valence-electron chi connectivity index (χ4n) is 2.38. The van der Waals surface area contributed by atoms with E-state index in [0.717, 1.165) is 37.5 Å². The van der Waals surface area contributed by atoms with Crippen molar-refractivity contribution in [3.8, 4) is 12.1 Å². The standard InChI is InChI=1S/C14H17N5S/c1-18-4-3-5-19(7-6-18)14-12(9-16)13(20-2)11(8-15)10-17-14/h10H,3-7H2,1-2H3. The Hall–Kier alpha value is -1.76. The quantitative estimate of drug-likeness (QED) is 0.771. The van der Waals surface area contributed by atoms with Gasteiger partial charge in [0.25, 0.3) is 0 Å². The average Bonchev–Trinajstić information content (AvgIpc) is 2.70. The third-order valence-electron chi connectivity index (χ3n) is 3.47. The molecule has 0 bridgehead atoms. The molecule has 2 rings (SSSR count). The molecule has 0 unspecified atom stereocenters. The molecule has 104 valence electrons. The molecule has 0 aromatic carbocycles. The maximum absolute atomic E-state index is 9.45. The molecular formula is C14H17N5S. The highest BCUT2D eigenvalue weighted by atomic mass is 32.2. The van der Waals surface area contributed by atoms with Crippen molar-refractivity contribution in [3.05, 3.63) is 17.3 Å². The van der Waals surface area contributed by atoms with Gasteiger partial charge in [0.15, 0.2) is 0 Å². The topological polar surface area (TPSA) is 67.0 Å². The molecule has 1 fully saturated rings. The second-order valence-electron chi connectivity index (χ2n) is 4.77. The number of thioether (sulfide) groups is 1. The summed E-state index contributed by atoms with van der Waals surface area (Å²) in [4.78, 5) is 9.54. The van der Waals surface area contributed by atoms with Crippen LogP contribution in [0.5, 0.6) is 0 Å². The van der Waals surface area contributed by atoms with Crippen molar-refractivity contribution in [2.75, 3.05) is 44.4 Å². The third-order valence-corrected chi connectivity index (χ3v) is 4.30. The van der Waals surface area contributed by atoms with Gasteiger partial charge in [0.1, 0.15) is 23.5 Å². The fourth-order valence-corrected chi connectivity index (χ4v) is 3.03. The minimum absolute atomic E-state index is 0.477. The van der Waals surface area contributed by atoms with E-state index in [1.165, 1.54) is 11.8 Å². The van der Waals surface area contributed by atoms with Crippen LogP contribution in [0.4, 0.5) is 5.82 Å². The number of hydrogen-bond acceptors (Lipinski definition) is 6. The maximum atomic E-state index is 9.45. The van der Waals surface area contributed by atoms with E-state index in [1.54, 1.807) is 6.20 Å². The van der Waals surface area contributed by atoms with E-state index in [1.807, 2.05) is 6.26 Å². The van der Waals surface area contributed by atoms with E-state index in [9.17, 15) is 5.26 Å². The lowest BCUT2D eigenvalue weighted by Gasteiger charge is -2.23. The van der Waals surface area contributed by atoms with Crippen LogP contribution in [0.1, 0.15) is 17.5 Å². The van der Waals surface area contributed by atoms with Crippen molar-refractivity contribution in [3.63, 3.8) is 0 Å². The number of pyridine rings is 1.